The van der Waals surface area contributed by atoms with E-state index in [1.807, 2.05) is 0 Å². The van der Waals surface area contributed by atoms with Crippen LogP contribution in [0.3, 0.4) is 0 Å². The van der Waals surface area contributed by atoms with Gasteiger partial charge in [-0.25, -0.2) is 0 Å². The largest absolute Gasteiger partial charge is 0.304 e. The Morgan fingerprint density at radius 1 is 1.18 bits per heavy atom. The molecule has 1 N–H and O–H groups in total. The second kappa shape index (κ2) is 9.45. The first-order valence-electron chi connectivity index (χ1n) is 4.49. The van der Waals surface area contributed by atoms with Crippen molar-refractivity contribution < 1.29 is 0 Å². The van der Waals surface area contributed by atoms with Crippen LogP contribution in [0.25, 0.3) is 0 Å². The molecule has 2 heteroatoms. The van der Waals surface area contributed by atoms with Crippen LogP contribution in [0.5, 0.6) is 0 Å². The smallest absolute Gasteiger partial charge is 0.0840 e. The maximum atomic E-state index is 8.19. The van der Waals surface area contributed by atoms with Crippen LogP contribution in [-0.2, 0) is 0 Å². The first kappa shape index (κ1) is 10.4. The van der Waals surface area contributed by atoms with Gasteiger partial charge in [0.2, 0.25) is 0 Å². The Kier molecular flexibility index (Phi) is 8.98. The minimum atomic E-state index is 0.494. The third-order valence-electron chi connectivity index (χ3n) is 1.66. The first-order chi connectivity index (χ1) is 5.41. The Balaban J connectivity index is 2.75. The van der Waals surface area contributed by atoms with E-state index < -0.39 is 0 Å². The maximum absolute atomic E-state index is 8.19. The van der Waals surface area contributed by atoms with E-state index in [0.717, 1.165) is 6.54 Å². The molecule has 0 amide bonds. The molecule has 0 aromatic heterocycles. The number of hydrogen-bond donors (Lipinski definition) is 1. The first-order valence-corrected chi connectivity index (χ1v) is 4.49. The van der Waals surface area contributed by atoms with Gasteiger partial charge < -0.3 is 5.32 Å². The molecule has 0 fully saturated rings. The van der Waals surface area contributed by atoms with Crippen molar-refractivity contribution in [2.75, 3.05) is 13.1 Å². The SMILES string of the molecule is CCCCCCCNCC#N. The topological polar surface area (TPSA) is 35.8 Å². The van der Waals surface area contributed by atoms with Gasteiger partial charge in [-0.2, -0.15) is 5.26 Å². The second-order valence-electron chi connectivity index (χ2n) is 2.75. The van der Waals surface area contributed by atoms with E-state index in [1.165, 1.54) is 32.1 Å². The van der Waals surface area contributed by atoms with E-state index in [2.05, 4.69) is 18.3 Å². The van der Waals surface area contributed by atoms with Gasteiger partial charge in [-0.1, -0.05) is 32.6 Å². The van der Waals surface area contributed by atoms with Gasteiger partial charge in [0.15, 0.2) is 0 Å². The molecule has 0 spiro atoms. The molecule has 0 aliphatic heterocycles. The zero-order chi connectivity index (χ0) is 8.36. The molecule has 0 rings (SSSR count). The molecule has 0 aromatic carbocycles. The van der Waals surface area contributed by atoms with Crippen LogP contribution in [-0.4, -0.2) is 13.1 Å². The van der Waals surface area contributed by atoms with Crippen molar-refractivity contribution in [3.63, 3.8) is 0 Å². The van der Waals surface area contributed by atoms with Crippen molar-refractivity contribution in [3.8, 4) is 6.07 Å². The quantitative estimate of drug-likeness (QED) is 0.450. The van der Waals surface area contributed by atoms with Gasteiger partial charge in [0.1, 0.15) is 0 Å². The lowest BCUT2D eigenvalue weighted by Crippen LogP contribution is -2.14. The molecule has 11 heavy (non-hydrogen) atoms. The Labute approximate surface area is 69.6 Å². The molecule has 0 aliphatic rings. The fraction of sp³-hybridized carbons (Fsp3) is 0.889. The van der Waals surface area contributed by atoms with Gasteiger partial charge >= 0.3 is 0 Å². The molecule has 0 aliphatic carbocycles. The van der Waals surface area contributed by atoms with Crippen LogP contribution in [0, 0.1) is 11.3 Å². The number of unbranched alkanes of at least 4 members (excludes halogenated alkanes) is 4. The molecule has 0 radical (unpaired) electrons. The van der Waals surface area contributed by atoms with Gasteiger partial charge in [0, 0.05) is 0 Å². The highest BCUT2D eigenvalue weighted by molar-refractivity contribution is 4.72. The zero-order valence-corrected chi connectivity index (χ0v) is 7.40. The highest BCUT2D eigenvalue weighted by Crippen LogP contribution is 2.00. The Hall–Kier alpha value is -0.550. The minimum Gasteiger partial charge on any atom is -0.304 e. The molecule has 0 aromatic rings. The molecule has 64 valence electrons. The van der Waals surface area contributed by atoms with Gasteiger partial charge in [0.25, 0.3) is 0 Å². The maximum Gasteiger partial charge on any atom is 0.0840 e. The summed E-state index contributed by atoms with van der Waals surface area (Å²) in [5, 5.41) is 11.2. The van der Waals surface area contributed by atoms with E-state index in [9.17, 15) is 0 Å². The lowest BCUT2D eigenvalue weighted by Gasteiger charge is -1.99. The molecular weight excluding hydrogens is 136 g/mol. The molecule has 0 saturated heterocycles. The monoisotopic (exact) mass is 154 g/mol. The van der Waals surface area contributed by atoms with Crippen molar-refractivity contribution in [1.29, 1.82) is 5.26 Å². The number of rotatable bonds is 7. The van der Waals surface area contributed by atoms with E-state index in [0.29, 0.717) is 6.54 Å². The van der Waals surface area contributed by atoms with E-state index in [-0.39, 0.29) is 0 Å². The second-order valence-corrected chi connectivity index (χ2v) is 2.75. The average molecular weight is 154 g/mol. The highest BCUT2D eigenvalue weighted by atomic mass is 14.8. The third kappa shape index (κ3) is 9.45. The molecule has 0 heterocycles. The summed E-state index contributed by atoms with van der Waals surface area (Å²) in [7, 11) is 0. The summed E-state index contributed by atoms with van der Waals surface area (Å²) in [4.78, 5) is 0. The third-order valence-corrected chi connectivity index (χ3v) is 1.66. The molecule has 2 nitrogen and oxygen atoms in total. The van der Waals surface area contributed by atoms with Crippen LogP contribution in [0.15, 0.2) is 0 Å². The number of nitriles is 1. The fourth-order valence-electron chi connectivity index (χ4n) is 0.998. The Bertz CT molecular complexity index is 105. The van der Waals surface area contributed by atoms with Gasteiger partial charge in [-0.05, 0) is 13.0 Å². The van der Waals surface area contributed by atoms with Crippen molar-refractivity contribution in [2.45, 2.75) is 39.0 Å². The Morgan fingerprint density at radius 2 is 1.91 bits per heavy atom. The summed E-state index contributed by atoms with van der Waals surface area (Å²) < 4.78 is 0. The Morgan fingerprint density at radius 3 is 2.55 bits per heavy atom. The number of hydrogen-bond acceptors (Lipinski definition) is 2. The van der Waals surface area contributed by atoms with Crippen LogP contribution < -0.4 is 5.32 Å². The normalized spacial score (nSPS) is 9.45. The predicted molar refractivity (Wildman–Crippen MR) is 47.2 cm³/mol. The summed E-state index contributed by atoms with van der Waals surface area (Å²) in [6, 6.07) is 2.06. The lowest BCUT2D eigenvalue weighted by atomic mass is 10.1. The van der Waals surface area contributed by atoms with Gasteiger partial charge in [-0.15, -0.1) is 0 Å². The number of nitrogens with zero attached hydrogens (tertiary/aromatic N) is 1. The molecule has 0 atom stereocenters. The molecular formula is C9H18N2. The summed E-state index contributed by atoms with van der Waals surface area (Å²) in [6.45, 7) is 3.71. The minimum absolute atomic E-state index is 0.494. The molecule has 0 unspecified atom stereocenters. The summed E-state index contributed by atoms with van der Waals surface area (Å²) >= 11 is 0. The van der Waals surface area contributed by atoms with Gasteiger partial charge in [0.05, 0.1) is 12.6 Å². The summed E-state index contributed by atoms with van der Waals surface area (Å²) in [5.74, 6) is 0. The van der Waals surface area contributed by atoms with Crippen molar-refractivity contribution in [3.05, 3.63) is 0 Å². The van der Waals surface area contributed by atoms with Crippen LogP contribution in [0.2, 0.25) is 0 Å². The van der Waals surface area contributed by atoms with E-state index in [1.54, 1.807) is 0 Å². The molecule has 0 saturated carbocycles. The average Bonchev–Trinajstić information content (AvgIpc) is 2.03. The number of nitrogens with one attached hydrogen (secondary N) is 1. The molecule has 0 bridgehead atoms. The zero-order valence-electron chi connectivity index (χ0n) is 7.40. The lowest BCUT2D eigenvalue weighted by molar-refractivity contribution is 0.602. The fourth-order valence-corrected chi connectivity index (χ4v) is 0.998. The summed E-state index contributed by atoms with van der Waals surface area (Å²) in [6.07, 6.45) is 6.49. The van der Waals surface area contributed by atoms with Crippen molar-refractivity contribution in [2.24, 2.45) is 0 Å². The van der Waals surface area contributed by atoms with Crippen LogP contribution in [0.4, 0.5) is 0 Å². The van der Waals surface area contributed by atoms with Crippen molar-refractivity contribution in [1.82, 2.24) is 5.32 Å². The van der Waals surface area contributed by atoms with E-state index >= 15 is 0 Å². The van der Waals surface area contributed by atoms with Crippen LogP contribution >= 0.6 is 0 Å². The van der Waals surface area contributed by atoms with Crippen molar-refractivity contribution >= 4 is 0 Å². The van der Waals surface area contributed by atoms with E-state index in [4.69, 9.17) is 5.26 Å². The van der Waals surface area contributed by atoms with Crippen LogP contribution in [0.1, 0.15) is 39.0 Å². The summed E-state index contributed by atoms with van der Waals surface area (Å²) in [5.41, 5.74) is 0. The predicted octanol–water partition coefficient (Wildman–Crippen LogP) is 2.07. The standard InChI is InChI=1S/C9H18N2/c1-2-3-4-5-6-8-11-9-7-10/h11H,2-6,8-9H2,1H3. The highest BCUT2D eigenvalue weighted by Gasteiger charge is 1.87. The van der Waals surface area contributed by atoms with Gasteiger partial charge in [-0.3, -0.25) is 0 Å².